The highest BCUT2D eigenvalue weighted by Crippen LogP contribution is 2.45. The van der Waals surface area contributed by atoms with Crippen LogP contribution in [0.2, 0.25) is 0 Å². The van der Waals surface area contributed by atoms with Crippen LogP contribution in [0.25, 0.3) is 0 Å². The van der Waals surface area contributed by atoms with Gasteiger partial charge in [0.2, 0.25) is 0 Å². The van der Waals surface area contributed by atoms with Gasteiger partial charge in [-0.25, -0.2) is 9.97 Å². The van der Waals surface area contributed by atoms with E-state index in [1.807, 2.05) is 6.20 Å². The lowest BCUT2D eigenvalue weighted by molar-refractivity contribution is -0.148. The van der Waals surface area contributed by atoms with E-state index in [-0.39, 0.29) is 5.92 Å². The van der Waals surface area contributed by atoms with E-state index in [4.69, 9.17) is 4.74 Å². The van der Waals surface area contributed by atoms with Crippen molar-refractivity contribution in [3.63, 3.8) is 0 Å². The molecule has 0 spiro atoms. The number of hydrogen-bond donors (Lipinski definition) is 1. The molecule has 0 radical (unpaired) electrons. The second-order valence-electron chi connectivity index (χ2n) is 7.93. The van der Waals surface area contributed by atoms with Crippen molar-refractivity contribution in [1.82, 2.24) is 14.9 Å². The Bertz CT molecular complexity index is 664. The molecule has 26 heavy (non-hydrogen) atoms. The molecule has 0 aliphatic carbocycles. The predicted octanol–water partition coefficient (Wildman–Crippen LogP) is 1.43. The number of aliphatic carboxylic acids is 1. The number of likely N-dealkylation sites (tertiary alicyclic amines) is 1. The molecule has 0 amide bonds. The van der Waals surface area contributed by atoms with Crippen LogP contribution in [-0.4, -0.2) is 71.4 Å². The van der Waals surface area contributed by atoms with Crippen molar-refractivity contribution in [2.75, 3.05) is 44.3 Å². The fraction of sp³-hybridized carbons (Fsp3) is 0.737. The van der Waals surface area contributed by atoms with Gasteiger partial charge >= 0.3 is 5.97 Å². The molecule has 1 aromatic rings. The zero-order valence-electron chi connectivity index (χ0n) is 15.4. The minimum atomic E-state index is -0.688. The summed E-state index contributed by atoms with van der Waals surface area (Å²) in [5.41, 5.74) is 0.434. The highest BCUT2D eigenvalue weighted by Gasteiger charge is 2.58. The molecular weight excluding hydrogens is 332 g/mol. The van der Waals surface area contributed by atoms with E-state index < -0.39 is 11.4 Å². The fourth-order valence-corrected chi connectivity index (χ4v) is 4.98. The van der Waals surface area contributed by atoms with Gasteiger partial charge in [-0.2, -0.15) is 0 Å². The smallest absolute Gasteiger partial charge is 0.313 e. The Morgan fingerprint density at radius 1 is 1.35 bits per heavy atom. The SMILES string of the molecule is CCCc1cncnc1N1C[C@H]2CN(C3CCOCC3)C[C@@]2(C(=O)O)C1. The molecule has 3 aliphatic heterocycles. The van der Waals surface area contributed by atoms with Crippen molar-refractivity contribution in [1.29, 1.82) is 0 Å². The van der Waals surface area contributed by atoms with Crippen molar-refractivity contribution in [2.45, 2.75) is 38.6 Å². The standard InChI is InChI=1S/C19H28N4O3/c1-2-3-14-8-20-13-21-17(14)23-10-15-9-22(16-4-6-26-7-5-16)11-19(15,12-23)18(24)25/h8,13,15-16H,2-7,9-12H2,1H3,(H,24,25)/t15-,19-/m1/s1. The molecule has 3 saturated heterocycles. The number of aryl methyl sites for hydroxylation is 1. The quantitative estimate of drug-likeness (QED) is 0.851. The third kappa shape index (κ3) is 2.97. The monoisotopic (exact) mass is 360 g/mol. The van der Waals surface area contributed by atoms with E-state index in [0.717, 1.165) is 63.4 Å². The summed E-state index contributed by atoms with van der Waals surface area (Å²) in [6.45, 7) is 6.53. The summed E-state index contributed by atoms with van der Waals surface area (Å²) in [5, 5.41) is 10.1. The van der Waals surface area contributed by atoms with Gasteiger partial charge in [0.15, 0.2) is 0 Å². The van der Waals surface area contributed by atoms with E-state index in [1.54, 1.807) is 6.33 Å². The van der Waals surface area contributed by atoms with E-state index in [0.29, 0.717) is 19.1 Å². The second kappa shape index (κ2) is 7.12. The number of aromatic nitrogens is 2. The number of carboxylic acid groups (broad SMARTS) is 1. The summed E-state index contributed by atoms with van der Waals surface area (Å²) < 4.78 is 5.47. The molecule has 0 unspecified atom stereocenters. The van der Waals surface area contributed by atoms with Gasteiger partial charge in [0.1, 0.15) is 17.6 Å². The summed E-state index contributed by atoms with van der Waals surface area (Å²) >= 11 is 0. The van der Waals surface area contributed by atoms with Gasteiger partial charge in [-0.3, -0.25) is 9.69 Å². The maximum absolute atomic E-state index is 12.3. The molecule has 7 heteroatoms. The third-order valence-electron chi connectivity index (χ3n) is 6.35. The van der Waals surface area contributed by atoms with Gasteiger partial charge in [0, 0.05) is 63.1 Å². The van der Waals surface area contributed by atoms with Crippen LogP contribution in [0, 0.1) is 11.3 Å². The zero-order valence-corrected chi connectivity index (χ0v) is 15.4. The minimum Gasteiger partial charge on any atom is -0.481 e. The molecule has 0 bridgehead atoms. The third-order valence-corrected chi connectivity index (χ3v) is 6.35. The lowest BCUT2D eigenvalue weighted by Crippen LogP contribution is -2.44. The first kappa shape index (κ1) is 17.7. The van der Waals surface area contributed by atoms with E-state index in [1.165, 1.54) is 0 Å². The average Bonchev–Trinajstić information content (AvgIpc) is 3.19. The molecule has 3 fully saturated rings. The fourth-order valence-electron chi connectivity index (χ4n) is 4.98. The number of ether oxygens (including phenoxy) is 1. The summed E-state index contributed by atoms with van der Waals surface area (Å²) in [6.07, 6.45) is 7.42. The largest absolute Gasteiger partial charge is 0.481 e. The van der Waals surface area contributed by atoms with Gasteiger partial charge in [0.25, 0.3) is 0 Å². The molecule has 0 saturated carbocycles. The van der Waals surface area contributed by atoms with E-state index >= 15 is 0 Å². The van der Waals surface area contributed by atoms with Crippen molar-refractivity contribution >= 4 is 11.8 Å². The Kier molecular flexibility index (Phi) is 4.84. The topological polar surface area (TPSA) is 78.8 Å². The van der Waals surface area contributed by atoms with E-state index in [2.05, 4.69) is 26.7 Å². The van der Waals surface area contributed by atoms with Gasteiger partial charge in [-0.1, -0.05) is 13.3 Å². The van der Waals surface area contributed by atoms with Crippen LogP contribution in [0.5, 0.6) is 0 Å². The van der Waals surface area contributed by atoms with Crippen molar-refractivity contribution in [2.24, 2.45) is 11.3 Å². The lowest BCUT2D eigenvalue weighted by atomic mass is 9.81. The van der Waals surface area contributed by atoms with Crippen LogP contribution < -0.4 is 4.90 Å². The first-order valence-electron chi connectivity index (χ1n) is 9.73. The number of carbonyl (C=O) groups is 1. The number of carboxylic acids is 1. The minimum absolute atomic E-state index is 0.146. The first-order chi connectivity index (χ1) is 12.6. The Morgan fingerprint density at radius 2 is 2.15 bits per heavy atom. The van der Waals surface area contributed by atoms with Gasteiger partial charge in [-0.15, -0.1) is 0 Å². The van der Waals surface area contributed by atoms with Gasteiger partial charge in [0.05, 0.1) is 0 Å². The van der Waals surface area contributed by atoms with Crippen molar-refractivity contribution in [3.8, 4) is 0 Å². The Morgan fingerprint density at radius 3 is 2.85 bits per heavy atom. The van der Waals surface area contributed by atoms with Crippen LogP contribution in [0.1, 0.15) is 31.7 Å². The molecule has 142 valence electrons. The Labute approximate surface area is 154 Å². The second-order valence-corrected chi connectivity index (χ2v) is 7.93. The number of nitrogens with zero attached hydrogens (tertiary/aromatic N) is 4. The van der Waals surface area contributed by atoms with Crippen molar-refractivity contribution < 1.29 is 14.6 Å². The lowest BCUT2D eigenvalue weighted by Gasteiger charge is -2.33. The summed E-state index contributed by atoms with van der Waals surface area (Å²) in [5.74, 6) is 0.410. The highest BCUT2D eigenvalue weighted by atomic mass is 16.5. The van der Waals surface area contributed by atoms with Crippen LogP contribution in [0.4, 0.5) is 5.82 Å². The highest BCUT2D eigenvalue weighted by molar-refractivity contribution is 5.78. The molecule has 7 nitrogen and oxygen atoms in total. The molecule has 4 rings (SSSR count). The number of anilines is 1. The number of fused-ring (bicyclic) bond motifs is 1. The maximum atomic E-state index is 12.3. The van der Waals surface area contributed by atoms with Gasteiger partial charge < -0.3 is 14.7 Å². The van der Waals surface area contributed by atoms with Crippen LogP contribution in [-0.2, 0) is 16.0 Å². The number of rotatable bonds is 5. The Hall–Kier alpha value is -1.73. The maximum Gasteiger partial charge on any atom is 0.313 e. The van der Waals surface area contributed by atoms with Crippen molar-refractivity contribution in [3.05, 3.63) is 18.1 Å². The average molecular weight is 360 g/mol. The molecule has 1 aromatic heterocycles. The van der Waals surface area contributed by atoms with Crippen LogP contribution >= 0.6 is 0 Å². The van der Waals surface area contributed by atoms with E-state index in [9.17, 15) is 9.90 Å². The summed E-state index contributed by atoms with van der Waals surface area (Å²) in [4.78, 5) is 25.6. The first-order valence-corrected chi connectivity index (χ1v) is 9.73. The molecule has 3 aliphatic rings. The number of hydrogen-bond acceptors (Lipinski definition) is 6. The van der Waals surface area contributed by atoms with Crippen LogP contribution in [0.3, 0.4) is 0 Å². The van der Waals surface area contributed by atoms with Crippen LogP contribution in [0.15, 0.2) is 12.5 Å². The molecular formula is C19H28N4O3. The summed E-state index contributed by atoms with van der Waals surface area (Å²) in [7, 11) is 0. The molecule has 4 heterocycles. The molecule has 1 N–H and O–H groups in total. The predicted molar refractivity (Wildman–Crippen MR) is 97.2 cm³/mol. The summed E-state index contributed by atoms with van der Waals surface area (Å²) in [6, 6.07) is 0.466. The van der Waals surface area contributed by atoms with Gasteiger partial charge in [-0.05, 0) is 19.3 Å². The zero-order chi connectivity index (χ0) is 18.1. The Balaban J connectivity index is 1.55. The molecule has 2 atom stereocenters. The molecule has 0 aromatic carbocycles. The normalized spacial score (nSPS) is 29.9.